The summed E-state index contributed by atoms with van der Waals surface area (Å²) in [6.45, 7) is 0.0582. The Hall–Kier alpha value is -1.24. The predicted molar refractivity (Wildman–Crippen MR) is 79.4 cm³/mol. The number of anilines is 2. The van der Waals surface area contributed by atoms with Crippen molar-refractivity contribution in [2.45, 2.75) is 6.54 Å². The number of hydrogen-bond donors (Lipinski definition) is 2. The quantitative estimate of drug-likeness (QED) is 0.822. The monoisotopic (exact) mass is 362 g/mol. The maximum Gasteiger partial charge on any atom is 0.246 e. The summed E-state index contributed by atoms with van der Waals surface area (Å²) in [6, 6.07) is 3.04. The van der Waals surface area contributed by atoms with Crippen LogP contribution in [0.25, 0.3) is 0 Å². The first-order valence-electron chi connectivity index (χ1n) is 5.18. The second kappa shape index (κ2) is 5.81. The van der Waals surface area contributed by atoms with E-state index in [-0.39, 0.29) is 12.5 Å². The van der Waals surface area contributed by atoms with Crippen LogP contribution in [-0.2, 0) is 11.3 Å². The molecule has 0 saturated heterocycles. The number of nitrogens with zero attached hydrogens (tertiary/aromatic N) is 2. The Labute approximate surface area is 127 Å². The standard InChI is InChI=1S/C11H9BrCl2N4O/c12-6-3-16-18(4-6)5-10(19)17-11-8(13)1-7(15)2-9(11)14/h1-4H,5,15H2,(H,17,19). The Balaban J connectivity index is 2.11. The van der Waals surface area contributed by atoms with E-state index < -0.39 is 0 Å². The fourth-order valence-corrected chi connectivity index (χ4v) is 2.39. The van der Waals surface area contributed by atoms with E-state index in [1.54, 1.807) is 12.4 Å². The van der Waals surface area contributed by atoms with Gasteiger partial charge in [-0.1, -0.05) is 23.2 Å². The van der Waals surface area contributed by atoms with E-state index in [4.69, 9.17) is 28.9 Å². The van der Waals surface area contributed by atoms with Gasteiger partial charge in [0.1, 0.15) is 6.54 Å². The number of hydrogen-bond acceptors (Lipinski definition) is 3. The molecule has 2 rings (SSSR count). The molecule has 0 atom stereocenters. The highest BCUT2D eigenvalue weighted by atomic mass is 79.9. The molecule has 0 radical (unpaired) electrons. The van der Waals surface area contributed by atoms with Gasteiger partial charge in [0.2, 0.25) is 5.91 Å². The lowest BCUT2D eigenvalue weighted by molar-refractivity contribution is -0.116. The van der Waals surface area contributed by atoms with E-state index >= 15 is 0 Å². The van der Waals surface area contributed by atoms with E-state index in [1.165, 1.54) is 16.8 Å². The number of amides is 1. The molecular weight excluding hydrogens is 355 g/mol. The number of nitrogen functional groups attached to an aromatic ring is 1. The second-order valence-corrected chi connectivity index (χ2v) is 5.49. The topological polar surface area (TPSA) is 72.9 Å². The highest BCUT2D eigenvalue weighted by Gasteiger charge is 2.11. The van der Waals surface area contributed by atoms with Gasteiger partial charge in [-0.25, -0.2) is 0 Å². The molecule has 0 bridgehead atoms. The molecule has 0 aliphatic heterocycles. The minimum absolute atomic E-state index is 0.0582. The van der Waals surface area contributed by atoms with Gasteiger partial charge in [-0.3, -0.25) is 9.48 Å². The number of carbonyl (C=O) groups excluding carboxylic acids is 1. The van der Waals surface area contributed by atoms with Gasteiger partial charge in [0.25, 0.3) is 0 Å². The first-order valence-corrected chi connectivity index (χ1v) is 6.73. The lowest BCUT2D eigenvalue weighted by atomic mass is 10.3. The summed E-state index contributed by atoms with van der Waals surface area (Å²) in [7, 11) is 0. The van der Waals surface area contributed by atoms with Gasteiger partial charge in [-0.05, 0) is 28.1 Å². The van der Waals surface area contributed by atoms with E-state index in [2.05, 4.69) is 26.3 Å². The third-order valence-corrected chi connectivity index (χ3v) is 3.24. The van der Waals surface area contributed by atoms with Gasteiger partial charge >= 0.3 is 0 Å². The van der Waals surface area contributed by atoms with Crippen LogP contribution in [0.15, 0.2) is 29.0 Å². The van der Waals surface area contributed by atoms with Gasteiger partial charge in [-0.2, -0.15) is 5.10 Å². The maximum atomic E-state index is 11.8. The number of aromatic nitrogens is 2. The molecule has 2 aromatic rings. The normalized spacial score (nSPS) is 10.5. The van der Waals surface area contributed by atoms with E-state index in [0.29, 0.717) is 21.4 Å². The number of halogens is 3. The van der Waals surface area contributed by atoms with Crippen LogP contribution in [0.3, 0.4) is 0 Å². The van der Waals surface area contributed by atoms with Crippen molar-refractivity contribution in [3.8, 4) is 0 Å². The second-order valence-electron chi connectivity index (χ2n) is 3.76. The molecule has 0 spiro atoms. The lowest BCUT2D eigenvalue weighted by Gasteiger charge is -2.10. The summed E-state index contributed by atoms with van der Waals surface area (Å²) in [6.07, 6.45) is 3.28. The Kier molecular flexibility index (Phi) is 4.34. The van der Waals surface area contributed by atoms with Crippen LogP contribution in [0, 0.1) is 0 Å². The van der Waals surface area contributed by atoms with E-state index in [9.17, 15) is 4.79 Å². The SMILES string of the molecule is Nc1cc(Cl)c(NC(=O)Cn2cc(Br)cn2)c(Cl)c1. The summed E-state index contributed by atoms with van der Waals surface area (Å²) < 4.78 is 2.28. The summed E-state index contributed by atoms with van der Waals surface area (Å²) in [5.41, 5.74) is 6.36. The minimum atomic E-state index is -0.288. The van der Waals surface area contributed by atoms with Crippen molar-refractivity contribution in [1.82, 2.24) is 9.78 Å². The molecule has 1 aromatic carbocycles. The zero-order chi connectivity index (χ0) is 14.0. The number of benzene rings is 1. The van der Waals surface area contributed by atoms with Crippen LogP contribution in [0.1, 0.15) is 0 Å². The van der Waals surface area contributed by atoms with E-state index in [0.717, 1.165) is 4.47 Å². The van der Waals surface area contributed by atoms with Gasteiger partial charge in [0.05, 0.1) is 26.4 Å². The number of nitrogens with one attached hydrogen (secondary N) is 1. The minimum Gasteiger partial charge on any atom is -0.399 e. The van der Waals surface area contributed by atoms with Crippen molar-refractivity contribution in [2.24, 2.45) is 0 Å². The van der Waals surface area contributed by atoms with Crippen molar-refractivity contribution >= 4 is 56.4 Å². The predicted octanol–water partition coefficient (Wildman–Crippen LogP) is 3.17. The van der Waals surface area contributed by atoms with Gasteiger partial charge in [0, 0.05) is 11.9 Å². The third-order valence-electron chi connectivity index (χ3n) is 2.24. The molecule has 0 saturated carbocycles. The Bertz CT molecular complexity index is 606. The van der Waals surface area contributed by atoms with E-state index in [1.807, 2.05) is 0 Å². The summed E-state index contributed by atoms with van der Waals surface area (Å²) in [5, 5.41) is 7.19. The molecule has 0 aliphatic rings. The summed E-state index contributed by atoms with van der Waals surface area (Å²) in [5.74, 6) is -0.288. The molecule has 1 amide bonds. The van der Waals surface area contributed by atoms with Crippen molar-refractivity contribution in [1.29, 1.82) is 0 Å². The Morgan fingerprint density at radius 3 is 2.58 bits per heavy atom. The van der Waals surface area contributed by atoms with Crippen LogP contribution >= 0.6 is 39.1 Å². The lowest BCUT2D eigenvalue weighted by Crippen LogP contribution is -2.19. The molecule has 1 aromatic heterocycles. The van der Waals surface area contributed by atoms with Crippen molar-refractivity contribution in [3.05, 3.63) is 39.0 Å². The number of rotatable bonds is 3. The first-order chi connectivity index (χ1) is 8.95. The number of carbonyl (C=O) groups is 1. The smallest absolute Gasteiger partial charge is 0.246 e. The summed E-state index contributed by atoms with van der Waals surface area (Å²) >= 11 is 15.2. The first kappa shape index (κ1) is 14.2. The van der Waals surface area contributed by atoms with Crippen molar-refractivity contribution in [3.63, 3.8) is 0 Å². The Morgan fingerprint density at radius 1 is 1.42 bits per heavy atom. The highest BCUT2D eigenvalue weighted by Crippen LogP contribution is 2.32. The fourth-order valence-electron chi connectivity index (χ4n) is 1.46. The van der Waals surface area contributed by atoms with Crippen LogP contribution in [0.2, 0.25) is 10.0 Å². The fraction of sp³-hybridized carbons (Fsp3) is 0.0909. The molecule has 0 unspecified atom stereocenters. The van der Waals surface area contributed by atoms with Crippen LogP contribution in [0.5, 0.6) is 0 Å². The highest BCUT2D eigenvalue weighted by molar-refractivity contribution is 9.10. The average Bonchev–Trinajstić information content (AvgIpc) is 2.69. The molecule has 3 N–H and O–H groups in total. The Morgan fingerprint density at radius 2 is 2.05 bits per heavy atom. The maximum absolute atomic E-state index is 11.8. The van der Waals surface area contributed by atoms with Crippen molar-refractivity contribution in [2.75, 3.05) is 11.1 Å². The largest absolute Gasteiger partial charge is 0.399 e. The third kappa shape index (κ3) is 3.62. The van der Waals surface area contributed by atoms with Crippen LogP contribution in [0.4, 0.5) is 11.4 Å². The molecule has 8 heteroatoms. The van der Waals surface area contributed by atoms with Gasteiger partial charge < -0.3 is 11.1 Å². The number of nitrogens with two attached hydrogens (primary N) is 1. The van der Waals surface area contributed by atoms with Crippen LogP contribution in [-0.4, -0.2) is 15.7 Å². The zero-order valence-electron chi connectivity index (χ0n) is 9.53. The van der Waals surface area contributed by atoms with Gasteiger partial charge in [-0.15, -0.1) is 0 Å². The zero-order valence-corrected chi connectivity index (χ0v) is 12.6. The van der Waals surface area contributed by atoms with Crippen molar-refractivity contribution < 1.29 is 4.79 Å². The molecule has 19 heavy (non-hydrogen) atoms. The molecule has 100 valence electrons. The summed E-state index contributed by atoms with van der Waals surface area (Å²) in [4.78, 5) is 11.8. The molecule has 1 heterocycles. The molecular formula is C11H9BrCl2N4O. The van der Waals surface area contributed by atoms with Crippen LogP contribution < -0.4 is 11.1 Å². The van der Waals surface area contributed by atoms with Gasteiger partial charge in [0.15, 0.2) is 0 Å². The molecule has 5 nitrogen and oxygen atoms in total. The molecule has 0 aliphatic carbocycles. The molecule has 0 fully saturated rings. The average molecular weight is 364 g/mol.